The van der Waals surface area contributed by atoms with Gasteiger partial charge in [0.1, 0.15) is 5.82 Å². The first kappa shape index (κ1) is 15.6. The summed E-state index contributed by atoms with van der Waals surface area (Å²) in [6.45, 7) is 2.91. The van der Waals surface area contributed by atoms with Crippen LogP contribution in [0.5, 0.6) is 0 Å². The van der Waals surface area contributed by atoms with Crippen LogP contribution in [-0.4, -0.2) is 47.9 Å². The lowest BCUT2D eigenvalue weighted by atomic mass is 9.94. The Bertz CT molecular complexity index is 789. The van der Waals surface area contributed by atoms with Crippen molar-refractivity contribution >= 4 is 11.8 Å². The number of hydrogen-bond acceptors (Lipinski definition) is 7. The predicted molar refractivity (Wildman–Crippen MR) is 93.2 cm³/mol. The van der Waals surface area contributed by atoms with Gasteiger partial charge < -0.3 is 10.3 Å². The summed E-state index contributed by atoms with van der Waals surface area (Å²) in [5, 5.41) is 3.11. The Hall–Kier alpha value is -2.87. The van der Waals surface area contributed by atoms with Crippen LogP contribution in [0.15, 0.2) is 43.2 Å². The normalized spacial score (nSPS) is 18.2. The van der Waals surface area contributed by atoms with Crippen molar-refractivity contribution in [1.82, 2.24) is 34.8 Å². The Labute approximate surface area is 145 Å². The summed E-state index contributed by atoms with van der Waals surface area (Å²) in [7, 11) is 0. The Kier molecular flexibility index (Phi) is 4.60. The van der Waals surface area contributed by atoms with Crippen molar-refractivity contribution in [3.8, 4) is 0 Å². The highest BCUT2D eigenvalue weighted by Gasteiger charge is 2.23. The fourth-order valence-electron chi connectivity index (χ4n) is 3.18. The molecule has 1 unspecified atom stereocenters. The number of piperidine rings is 1. The number of nitrogens with zero attached hydrogens (tertiary/aromatic N) is 6. The van der Waals surface area contributed by atoms with Gasteiger partial charge >= 0.3 is 0 Å². The summed E-state index contributed by atoms with van der Waals surface area (Å²) in [5.74, 6) is 2.60. The standard InChI is InChI=1S/C17H20N8/c1-2-13(11-25(9-1)12-16-20-7-8-21-16)14-3-4-22-17(23-14)24-15-10-18-5-6-19-15/h3-8,10,13H,1-2,9,11-12H2,(H,20,21)(H,19,22,23,24). The van der Waals surface area contributed by atoms with E-state index in [0.29, 0.717) is 17.7 Å². The quantitative estimate of drug-likeness (QED) is 0.736. The SMILES string of the molecule is c1cnc(Nc2nccc(C3CCCN(Cc4ncc[nH]4)C3)n2)cn1. The first-order valence-electron chi connectivity index (χ1n) is 8.43. The second kappa shape index (κ2) is 7.35. The van der Waals surface area contributed by atoms with E-state index in [4.69, 9.17) is 0 Å². The third-order valence-electron chi connectivity index (χ3n) is 4.33. The summed E-state index contributed by atoms with van der Waals surface area (Å²) in [4.78, 5) is 27.1. The van der Waals surface area contributed by atoms with E-state index in [9.17, 15) is 0 Å². The van der Waals surface area contributed by atoms with Crippen LogP contribution in [0.1, 0.15) is 30.3 Å². The van der Waals surface area contributed by atoms with E-state index in [2.05, 4.69) is 40.1 Å². The second-order valence-electron chi connectivity index (χ2n) is 6.13. The maximum atomic E-state index is 4.68. The molecule has 0 spiro atoms. The van der Waals surface area contributed by atoms with Gasteiger partial charge in [0.2, 0.25) is 5.95 Å². The van der Waals surface area contributed by atoms with Crippen molar-refractivity contribution in [3.63, 3.8) is 0 Å². The van der Waals surface area contributed by atoms with E-state index in [0.717, 1.165) is 44.0 Å². The predicted octanol–water partition coefficient (Wildman–Crippen LogP) is 2.11. The molecule has 0 bridgehead atoms. The van der Waals surface area contributed by atoms with E-state index in [1.807, 2.05) is 12.3 Å². The molecule has 8 nitrogen and oxygen atoms in total. The van der Waals surface area contributed by atoms with Crippen molar-refractivity contribution < 1.29 is 0 Å². The highest BCUT2D eigenvalue weighted by Crippen LogP contribution is 2.26. The summed E-state index contributed by atoms with van der Waals surface area (Å²) >= 11 is 0. The van der Waals surface area contributed by atoms with Gasteiger partial charge in [-0.25, -0.2) is 19.9 Å². The monoisotopic (exact) mass is 336 g/mol. The smallest absolute Gasteiger partial charge is 0.228 e. The molecule has 0 aromatic carbocycles. The molecule has 1 aliphatic rings. The van der Waals surface area contributed by atoms with Gasteiger partial charge in [-0.2, -0.15) is 0 Å². The van der Waals surface area contributed by atoms with Crippen LogP contribution in [0.4, 0.5) is 11.8 Å². The summed E-state index contributed by atoms with van der Waals surface area (Å²) in [6, 6.07) is 2.00. The molecule has 0 radical (unpaired) electrons. The number of hydrogen-bond donors (Lipinski definition) is 2. The van der Waals surface area contributed by atoms with Crippen molar-refractivity contribution in [3.05, 3.63) is 54.8 Å². The van der Waals surface area contributed by atoms with Gasteiger partial charge in [-0.3, -0.25) is 9.88 Å². The van der Waals surface area contributed by atoms with Gasteiger partial charge in [0, 0.05) is 43.4 Å². The molecule has 1 fully saturated rings. The lowest BCUT2D eigenvalue weighted by Gasteiger charge is -2.31. The highest BCUT2D eigenvalue weighted by atomic mass is 15.2. The van der Waals surface area contributed by atoms with E-state index in [1.165, 1.54) is 0 Å². The lowest BCUT2D eigenvalue weighted by molar-refractivity contribution is 0.194. The van der Waals surface area contributed by atoms with Crippen LogP contribution in [0.2, 0.25) is 0 Å². The number of imidazole rings is 1. The Balaban J connectivity index is 1.44. The molecule has 128 valence electrons. The third kappa shape index (κ3) is 3.97. The van der Waals surface area contributed by atoms with Crippen molar-refractivity contribution in [2.75, 3.05) is 18.4 Å². The summed E-state index contributed by atoms with van der Waals surface area (Å²) < 4.78 is 0. The van der Waals surface area contributed by atoms with Gasteiger partial charge in [0.15, 0.2) is 5.82 Å². The zero-order valence-electron chi connectivity index (χ0n) is 13.8. The zero-order chi connectivity index (χ0) is 16.9. The molecule has 4 rings (SSSR count). The summed E-state index contributed by atoms with van der Waals surface area (Å²) in [6.07, 6.45) is 12.7. The highest BCUT2D eigenvalue weighted by molar-refractivity contribution is 5.45. The molecule has 0 amide bonds. The minimum atomic E-state index is 0.397. The molecular formula is C17H20N8. The number of aromatic amines is 1. The van der Waals surface area contributed by atoms with E-state index >= 15 is 0 Å². The molecule has 2 N–H and O–H groups in total. The average Bonchev–Trinajstić information content (AvgIpc) is 3.16. The van der Waals surface area contributed by atoms with Crippen LogP contribution in [0.25, 0.3) is 0 Å². The van der Waals surface area contributed by atoms with Gasteiger partial charge in [0.25, 0.3) is 0 Å². The molecule has 3 aromatic rings. The molecule has 3 aromatic heterocycles. The Morgan fingerprint density at radius 1 is 1.16 bits per heavy atom. The number of anilines is 2. The fourth-order valence-corrected chi connectivity index (χ4v) is 3.18. The molecular weight excluding hydrogens is 316 g/mol. The molecule has 1 aliphatic heterocycles. The maximum Gasteiger partial charge on any atom is 0.228 e. The van der Waals surface area contributed by atoms with Gasteiger partial charge in [-0.15, -0.1) is 0 Å². The van der Waals surface area contributed by atoms with Crippen molar-refractivity contribution in [2.24, 2.45) is 0 Å². The first-order chi connectivity index (χ1) is 12.4. The topological polar surface area (TPSA) is 95.5 Å². The van der Waals surface area contributed by atoms with Crippen LogP contribution in [0, 0.1) is 0 Å². The first-order valence-corrected chi connectivity index (χ1v) is 8.43. The molecule has 8 heteroatoms. The van der Waals surface area contributed by atoms with E-state index in [1.54, 1.807) is 31.0 Å². The van der Waals surface area contributed by atoms with Gasteiger partial charge in [0.05, 0.1) is 18.4 Å². The summed E-state index contributed by atoms with van der Waals surface area (Å²) in [5.41, 5.74) is 1.06. The maximum absolute atomic E-state index is 4.68. The largest absolute Gasteiger partial charge is 0.348 e. The number of aromatic nitrogens is 6. The van der Waals surface area contributed by atoms with Crippen LogP contribution >= 0.6 is 0 Å². The van der Waals surface area contributed by atoms with E-state index in [-0.39, 0.29) is 0 Å². The van der Waals surface area contributed by atoms with Crippen LogP contribution < -0.4 is 5.32 Å². The minimum Gasteiger partial charge on any atom is -0.348 e. The Morgan fingerprint density at radius 3 is 3.00 bits per heavy atom. The number of likely N-dealkylation sites (tertiary alicyclic amines) is 1. The van der Waals surface area contributed by atoms with Crippen molar-refractivity contribution in [1.29, 1.82) is 0 Å². The number of H-pyrrole nitrogens is 1. The third-order valence-corrected chi connectivity index (χ3v) is 4.33. The molecule has 1 saturated heterocycles. The number of rotatable bonds is 5. The Morgan fingerprint density at radius 2 is 2.16 bits per heavy atom. The van der Waals surface area contributed by atoms with Gasteiger partial charge in [-0.05, 0) is 25.5 Å². The van der Waals surface area contributed by atoms with Crippen molar-refractivity contribution in [2.45, 2.75) is 25.3 Å². The minimum absolute atomic E-state index is 0.397. The molecule has 1 atom stereocenters. The van der Waals surface area contributed by atoms with E-state index < -0.39 is 0 Å². The van der Waals surface area contributed by atoms with Crippen LogP contribution in [-0.2, 0) is 6.54 Å². The molecule has 4 heterocycles. The second-order valence-corrected chi connectivity index (χ2v) is 6.13. The van der Waals surface area contributed by atoms with Gasteiger partial charge in [-0.1, -0.05) is 0 Å². The lowest BCUT2D eigenvalue weighted by Crippen LogP contribution is -2.34. The fraction of sp³-hybridized carbons (Fsp3) is 0.353. The molecule has 0 aliphatic carbocycles. The molecule has 25 heavy (non-hydrogen) atoms. The molecule has 0 saturated carbocycles. The van der Waals surface area contributed by atoms with Crippen LogP contribution in [0.3, 0.4) is 0 Å². The number of nitrogens with one attached hydrogen (secondary N) is 2. The average molecular weight is 336 g/mol. The zero-order valence-corrected chi connectivity index (χ0v) is 13.8.